The topological polar surface area (TPSA) is 75.7 Å². The van der Waals surface area contributed by atoms with Gasteiger partial charge in [-0.25, -0.2) is 8.42 Å². The molecule has 0 fully saturated rings. The minimum atomic E-state index is -3.81. The zero-order valence-corrected chi connectivity index (χ0v) is 17.3. The van der Waals surface area contributed by atoms with Crippen molar-refractivity contribution in [2.75, 3.05) is 13.2 Å². The van der Waals surface area contributed by atoms with Gasteiger partial charge in [-0.3, -0.25) is 4.79 Å². The molecule has 1 unspecified atom stereocenters. The number of nitrogens with one attached hydrogen (secondary N) is 1. The van der Waals surface area contributed by atoms with Gasteiger partial charge in [0.05, 0.1) is 17.5 Å². The van der Waals surface area contributed by atoms with Gasteiger partial charge in [0.15, 0.2) is 0 Å². The van der Waals surface area contributed by atoms with Gasteiger partial charge in [-0.2, -0.15) is 4.72 Å². The minimum absolute atomic E-state index is 0.122. The Balaban J connectivity index is 1.70. The Morgan fingerprint density at radius 2 is 1.93 bits per heavy atom. The van der Waals surface area contributed by atoms with Gasteiger partial charge in [-0.15, -0.1) is 0 Å². The van der Waals surface area contributed by atoms with Gasteiger partial charge < -0.3 is 9.64 Å². The maximum Gasteiger partial charge on any atom is 0.241 e. The van der Waals surface area contributed by atoms with E-state index in [2.05, 4.69) is 10.8 Å². The van der Waals surface area contributed by atoms with E-state index in [0.717, 1.165) is 17.5 Å². The van der Waals surface area contributed by atoms with Crippen LogP contribution in [-0.4, -0.2) is 38.4 Å². The second kappa shape index (κ2) is 8.32. The Kier molecular flexibility index (Phi) is 6.05. The van der Waals surface area contributed by atoms with Crippen LogP contribution in [-0.2, 0) is 27.8 Å². The normalized spacial score (nSPS) is 15.0. The maximum atomic E-state index is 12.8. The molecule has 6 nitrogen and oxygen atoms in total. The number of hydrogen-bond acceptors (Lipinski definition) is 4. The van der Waals surface area contributed by atoms with Crippen molar-refractivity contribution in [3.63, 3.8) is 0 Å². The van der Waals surface area contributed by atoms with Crippen molar-refractivity contribution in [1.82, 2.24) is 9.62 Å². The fraction of sp³-hybridized carbons (Fsp3) is 0.381. The van der Waals surface area contributed by atoms with Crippen LogP contribution in [0.25, 0.3) is 0 Å². The Bertz CT molecular complexity index is 972. The van der Waals surface area contributed by atoms with Crippen molar-refractivity contribution in [2.45, 2.75) is 44.7 Å². The largest absolute Gasteiger partial charge is 0.494 e. The molecule has 150 valence electrons. The average molecular weight is 403 g/mol. The lowest BCUT2D eigenvalue weighted by molar-refractivity contribution is -0.133. The molecule has 0 spiro atoms. The highest BCUT2D eigenvalue weighted by Crippen LogP contribution is 2.23. The lowest BCUT2D eigenvalue weighted by atomic mass is 9.99. The summed E-state index contributed by atoms with van der Waals surface area (Å²) >= 11 is 0. The SMILES string of the molecule is CCOc1ccc(S(=O)(=O)NC(C)C(=O)N2CCc3ccccc3C2)cc1C. The first-order valence-electron chi connectivity index (χ1n) is 9.43. The van der Waals surface area contributed by atoms with Crippen LogP contribution in [0.5, 0.6) is 5.75 Å². The van der Waals surface area contributed by atoms with Crippen LogP contribution in [0.1, 0.15) is 30.5 Å². The molecule has 3 rings (SSSR count). The number of amides is 1. The van der Waals surface area contributed by atoms with Crippen molar-refractivity contribution in [3.05, 3.63) is 59.2 Å². The molecule has 28 heavy (non-hydrogen) atoms. The predicted molar refractivity (Wildman–Crippen MR) is 108 cm³/mol. The standard InChI is InChI=1S/C21H26N2O4S/c1-4-27-20-10-9-19(13-15(20)2)28(25,26)22-16(3)21(24)23-12-11-17-7-5-6-8-18(17)14-23/h5-10,13,16,22H,4,11-12,14H2,1-3H3. The van der Waals surface area contributed by atoms with Crippen LogP contribution < -0.4 is 9.46 Å². The molecule has 1 atom stereocenters. The molecule has 0 aliphatic carbocycles. The van der Waals surface area contributed by atoms with Gasteiger partial charge in [-0.05, 0) is 62.1 Å². The van der Waals surface area contributed by atoms with E-state index in [4.69, 9.17) is 4.74 Å². The molecule has 0 aromatic heterocycles. The third kappa shape index (κ3) is 4.36. The first-order chi connectivity index (χ1) is 13.3. The number of ether oxygens (including phenoxy) is 1. The number of carbonyl (C=O) groups excluding carboxylic acids is 1. The van der Waals surface area contributed by atoms with Crippen LogP contribution in [0, 0.1) is 6.92 Å². The van der Waals surface area contributed by atoms with Gasteiger partial charge in [0.1, 0.15) is 5.75 Å². The van der Waals surface area contributed by atoms with Gasteiger partial charge in [0, 0.05) is 13.1 Å². The molecule has 1 aliphatic heterocycles. The van der Waals surface area contributed by atoms with Crippen LogP contribution in [0.3, 0.4) is 0 Å². The fourth-order valence-electron chi connectivity index (χ4n) is 3.42. The molecule has 1 aliphatic rings. The molecular formula is C21H26N2O4S. The number of aryl methyl sites for hydroxylation is 1. The maximum absolute atomic E-state index is 12.8. The zero-order chi connectivity index (χ0) is 20.3. The molecule has 1 N–H and O–H groups in total. The zero-order valence-electron chi connectivity index (χ0n) is 16.4. The summed E-state index contributed by atoms with van der Waals surface area (Å²) in [5.41, 5.74) is 3.08. The highest BCUT2D eigenvalue weighted by atomic mass is 32.2. The van der Waals surface area contributed by atoms with E-state index in [1.165, 1.54) is 11.6 Å². The van der Waals surface area contributed by atoms with Crippen molar-refractivity contribution >= 4 is 15.9 Å². The monoisotopic (exact) mass is 402 g/mol. The number of nitrogens with zero attached hydrogens (tertiary/aromatic N) is 1. The molecule has 0 bridgehead atoms. The molecule has 7 heteroatoms. The third-order valence-electron chi connectivity index (χ3n) is 4.90. The van der Waals surface area contributed by atoms with E-state index in [0.29, 0.717) is 25.4 Å². The Morgan fingerprint density at radius 3 is 2.61 bits per heavy atom. The van der Waals surface area contributed by atoms with E-state index in [9.17, 15) is 13.2 Å². The summed E-state index contributed by atoms with van der Waals surface area (Å²) in [6.45, 7) is 6.85. The van der Waals surface area contributed by atoms with Gasteiger partial charge >= 0.3 is 0 Å². The number of carbonyl (C=O) groups is 1. The van der Waals surface area contributed by atoms with Crippen molar-refractivity contribution in [3.8, 4) is 5.75 Å². The molecule has 2 aromatic carbocycles. The van der Waals surface area contributed by atoms with Crippen LogP contribution in [0.2, 0.25) is 0 Å². The number of benzene rings is 2. The molecule has 1 amide bonds. The van der Waals surface area contributed by atoms with E-state index in [-0.39, 0.29) is 10.8 Å². The van der Waals surface area contributed by atoms with E-state index in [1.54, 1.807) is 30.9 Å². The Labute approximate surface area is 166 Å². The average Bonchev–Trinajstić information content (AvgIpc) is 2.68. The summed E-state index contributed by atoms with van der Waals surface area (Å²) in [6, 6.07) is 11.9. The lowest BCUT2D eigenvalue weighted by Crippen LogP contribution is -2.48. The quantitative estimate of drug-likeness (QED) is 0.806. The van der Waals surface area contributed by atoms with Crippen LogP contribution in [0.15, 0.2) is 47.4 Å². The number of hydrogen-bond donors (Lipinski definition) is 1. The van der Waals surface area contributed by atoms with Gasteiger partial charge in [-0.1, -0.05) is 24.3 Å². The second-order valence-corrected chi connectivity index (χ2v) is 8.70. The number of rotatable bonds is 6. The first-order valence-corrected chi connectivity index (χ1v) is 10.9. The van der Waals surface area contributed by atoms with Gasteiger partial charge in [0.2, 0.25) is 15.9 Å². The third-order valence-corrected chi connectivity index (χ3v) is 6.44. The van der Waals surface area contributed by atoms with E-state index < -0.39 is 16.1 Å². The molecule has 1 heterocycles. The minimum Gasteiger partial charge on any atom is -0.494 e. The molecule has 0 radical (unpaired) electrons. The lowest BCUT2D eigenvalue weighted by Gasteiger charge is -2.31. The summed E-state index contributed by atoms with van der Waals surface area (Å²) in [7, 11) is -3.81. The van der Waals surface area contributed by atoms with E-state index in [1.807, 2.05) is 25.1 Å². The van der Waals surface area contributed by atoms with Crippen molar-refractivity contribution < 1.29 is 17.9 Å². The van der Waals surface area contributed by atoms with Crippen molar-refractivity contribution in [1.29, 1.82) is 0 Å². The fourth-order valence-corrected chi connectivity index (χ4v) is 4.70. The summed E-state index contributed by atoms with van der Waals surface area (Å²) < 4.78 is 33.4. The van der Waals surface area contributed by atoms with Crippen molar-refractivity contribution in [2.24, 2.45) is 0 Å². The second-order valence-electron chi connectivity index (χ2n) is 6.98. The summed E-state index contributed by atoms with van der Waals surface area (Å²) in [5.74, 6) is 0.429. The predicted octanol–water partition coefficient (Wildman–Crippen LogP) is 2.65. The Morgan fingerprint density at radius 1 is 1.21 bits per heavy atom. The molecule has 0 saturated heterocycles. The summed E-state index contributed by atoms with van der Waals surface area (Å²) in [4.78, 5) is 14.6. The number of fused-ring (bicyclic) bond motifs is 1. The highest BCUT2D eigenvalue weighted by molar-refractivity contribution is 7.89. The summed E-state index contributed by atoms with van der Waals surface area (Å²) in [6.07, 6.45) is 0.777. The summed E-state index contributed by atoms with van der Waals surface area (Å²) in [5, 5.41) is 0. The molecule has 0 saturated carbocycles. The van der Waals surface area contributed by atoms with E-state index >= 15 is 0 Å². The smallest absolute Gasteiger partial charge is 0.241 e. The van der Waals surface area contributed by atoms with Gasteiger partial charge in [0.25, 0.3) is 0 Å². The van der Waals surface area contributed by atoms with Crippen LogP contribution >= 0.6 is 0 Å². The van der Waals surface area contributed by atoms with Crippen LogP contribution in [0.4, 0.5) is 0 Å². The number of sulfonamides is 1. The highest BCUT2D eigenvalue weighted by Gasteiger charge is 2.28. The molecular weight excluding hydrogens is 376 g/mol. The molecule has 2 aromatic rings. The Hall–Kier alpha value is -2.38. The first kappa shape index (κ1) is 20.4.